The van der Waals surface area contributed by atoms with E-state index in [9.17, 15) is 9.59 Å². The first kappa shape index (κ1) is 13.9. The Hall–Kier alpha value is -1.56. The molecule has 5 nitrogen and oxygen atoms in total. The number of likely N-dealkylation sites (tertiary alicyclic amines) is 1. The van der Waals surface area contributed by atoms with Crippen LogP contribution >= 0.6 is 11.8 Å². The van der Waals surface area contributed by atoms with E-state index < -0.39 is 5.97 Å². The molecule has 1 aromatic heterocycles. The number of carboxylic acid groups (broad SMARTS) is 1. The number of piperidine rings is 1. The molecular weight excluding hydrogens is 264 g/mol. The van der Waals surface area contributed by atoms with Gasteiger partial charge in [0, 0.05) is 19.3 Å². The molecule has 1 saturated heterocycles. The van der Waals surface area contributed by atoms with Gasteiger partial charge < -0.3 is 10.0 Å². The summed E-state index contributed by atoms with van der Waals surface area (Å²) in [6.07, 6.45) is 4.83. The van der Waals surface area contributed by atoms with E-state index in [1.54, 1.807) is 12.3 Å². The van der Waals surface area contributed by atoms with Crippen molar-refractivity contribution < 1.29 is 14.7 Å². The summed E-state index contributed by atoms with van der Waals surface area (Å²) in [7, 11) is 0. The Morgan fingerprint density at radius 1 is 1.32 bits per heavy atom. The van der Waals surface area contributed by atoms with Crippen LogP contribution in [0.25, 0.3) is 0 Å². The number of rotatable bonds is 4. The van der Waals surface area contributed by atoms with Crippen molar-refractivity contribution in [2.24, 2.45) is 0 Å². The SMILES string of the molecule is O=C(O)c1cccnc1SCC(=O)N1CCCCC1. The van der Waals surface area contributed by atoms with Gasteiger partial charge in [0.2, 0.25) is 5.91 Å². The average Bonchev–Trinajstić information content (AvgIpc) is 2.46. The summed E-state index contributed by atoms with van der Waals surface area (Å²) in [5, 5.41) is 9.43. The highest BCUT2D eigenvalue weighted by Crippen LogP contribution is 2.21. The summed E-state index contributed by atoms with van der Waals surface area (Å²) >= 11 is 1.19. The molecule has 6 heteroatoms. The van der Waals surface area contributed by atoms with E-state index in [4.69, 9.17) is 5.11 Å². The first-order chi connectivity index (χ1) is 9.18. The zero-order chi connectivity index (χ0) is 13.7. The average molecular weight is 280 g/mol. The normalized spacial score (nSPS) is 15.3. The van der Waals surface area contributed by atoms with Gasteiger partial charge in [-0.3, -0.25) is 4.79 Å². The van der Waals surface area contributed by atoms with Crippen LogP contribution in [-0.4, -0.2) is 45.7 Å². The Morgan fingerprint density at radius 2 is 2.05 bits per heavy atom. The van der Waals surface area contributed by atoms with Gasteiger partial charge in [0.15, 0.2) is 0 Å². The third-order valence-electron chi connectivity index (χ3n) is 3.04. The van der Waals surface area contributed by atoms with Crippen molar-refractivity contribution in [3.05, 3.63) is 23.9 Å². The minimum absolute atomic E-state index is 0.0618. The molecule has 0 atom stereocenters. The van der Waals surface area contributed by atoms with Gasteiger partial charge in [-0.1, -0.05) is 11.8 Å². The Balaban J connectivity index is 1.94. The number of aromatic nitrogens is 1. The van der Waals surface area contributed by atoms with E-state index in [-0.39, 0.29) is 17.2 Å². The lowest BCUT2D eigenvalue weighted by molar-refractivity contribution is -0.129. The van der Waals surface area contributed by atoms with Crippen molar-refractivity contribution in [3.63, 3.8) is 0 Å². The molecule has 1 amide bonds. The van der Waals surface area contributed by atoms with Crippen molar-refractivity contribution in [2.45, 2.75) is 24.3 Å². The topological polar surface area (TPSA) is 70.5 Å². The van der Waals surface area contributed by atoms with E-state index in [1.807, 2.05) is 4.90 Å². The van der Waals surface area contributed by atoms with Crippen LogP contribution in [0.15, 0.2) is 23.4 Å². The Bertz CT molecular complexity index is 473. The number of hydrogen-bond acceptors (Lipinski definition) is 4. The Morgan fingerprint density at radius 3 is 2.74 bits per heavy atom. The minimum atomic E-state index is -1.01. The number of carbonyl (C=O) groups is 2. The molecule has 0 aromatic carbocycles. The number of hydrogen-bond donors (Lipinski definition) is 1. The number of pyridine rings is 1. The zero-order valence-corrected chi connectivity index (χ0v) is 11.4. The first-order valence-electron chi connectivity index (χ1n) is 6.27. The molecule has 0 spiro atoms. The second-order valence-corrected chi connectivity index (χ2v) is 5.36. The summed E-state index contributed by atoms with van der Waals surface area (Å²) in [6.45, 7) is 1.63. The van der Waals surface area contributed by atoms with Crippen LogP contribution in [0.3, 0.4) is 0 Å². The molecule has 0 unspecified atom stereocenters. The van der Waals surface area contributed by atoms with E-state index in [2.05, 4.69) is 4.98 Å². The maximum absolute atomic E-state index is 12.0. The fourth-order valence-electron chi connectivity index (χ4n) is 2.03. The quantitative estimate of drug-likeness (QED) is 0.853. The van der Waals surface area contributed by atoms with Crippen LogP contribution in [0.4, 0.5) is 0 Å². The van der Waals surface area contributed by atoms with Crippen molar-refractivity contribution in [1.82, 2.24) is 9.88 Å². The number of carboxylic acids is 1. The molecule has 0 radical (unpaired) electrons. The van der Waals surface area contributed by atoms with Gasteiger partial charge >= 0.3 is 5.97 Å². The highest BCUT2D eigenvalue weighted by atomic mass is 32.2. The Labute approximate surface area is 116 Å². The smallest absolute Gasteiger partial charge is 0.338 e. The predicted octanol–water partition coefficient (Wildman–Crippen LogP) is 1.88. The minimum Gasteiger partial charge on any atom is -0.478 e. The maximum atomic E-state index is 12.0. The summed E-state index contributed by atoms with van der Waals surface area (Å²) in [6, 6.07) is 3.09. The molecule has 1 aliphatic rings. The fraction of sp³-hybridized carbons (Fsp3) is 0.462. The molecule has 1 aliphatic heterocycles. The summed E-state index contributed by atoms with van der Waals surface area (Å²) < 4.78 is 0. The van der Waals surface area contributed by atoms with E-state index in [0.717, 1.165) is 25.9 Å². The summed E-state index contributed by atoms with van der Waals surface area (Å²) in [5.74, 6) is -0.704. The van der Waals surface area contributed by atoms with Crippen molar-refractivity contribution in [3.8, 4) is 0 Å². The van der Waals surface area contributed by atoms with Crippen LogP contribution in [0.2, 0.25) is 0 Å². The lowest BCUT2D eigenvalue weighted by Gasteiger charge is -2.26. The van der Waals surface area contributed by atoms with Gasteiger partial charge in [0.05, 0.1) is 11.3 Å². The van der Waals surface area contributed by atoms with Gasteiger partial charge in [-0.25, -0.2) is 9.78 Å². The number of thioether (sulfide) groups is 1. The third-order valence-corrected chi connectivity index (χ3v) is 4.03. The van der Waals surface area contributed by atoms with Crippen LogP contribution in [-0.2, 0) is 4.79 Å². The number of amides is 1. The molecule has 0 bridgehead atoms. The maximum Gasteiger partial charge on any atom is 0.338 e. The molecule has 0 saturated carbocycles. The van der Waals surface area contributed by atoms with Gasteiger partial charge in [-0.05, 0) is 31.4 Å². The van der Waals surface area contributed by atoms with Gasteiger partial charge in [-0.15, -0.1) is 0 Å². The van der Waals surface area contributed by atoms with Crippen LogP contribution < -0.4 is 0 Å². The van der Waals surface area contributed by atoms with Crippen molar-refractivity contribution >= 4 is 23.6 Å². The first-order valence-corrected chi connectivity index (χ1v) is 7.26. The second kappa shape index (κ2) is 6.56. The highest BCUT2D eigenvalue weighted by Gasteiger charge is 2.18. The second-order valence-electron chi connectivity index (χ2n) is 4.39. The number of aromatic carboxylic acids is 1. The molecule has 2 heterocycles. The lowest BCUT2D eigenvalue weighted by atomic mass is 10.1. The van der Waals surface area contributed by atoms with Gasteiger partial charge in [0.1, 0.15) is 5.03 Å². The molecular formula is C13H16N2O3S. The highest BCUT2D eigenvalue weighted by molar-refractivity contribution is 8.00. The molecule has 2 rings (SSSR count). The molecule has 1 N–H and O–H groups in total. The van der Waals surface area contributed by atoms with Crippen molar-refractivity contribution in [1.29, 1.82) is 0 Å². The molecule has 19 heavy (non-hydrogen) atoms. The summed E-state index contributed by atoms with van der Waals surface area (Å²) in [5.41, 5.74) is 0.152. The van der Waals surface area contributed by atoms with E-state index >= 15 is 0 Å². The monoisotopic (exact) mass is 280 g/mol. The number of carbonyl (C=O) groups excluding carboxylic acids is 1. The summed E-state index contributed by atoms with van der Waals surface area (Å²) in [4.78, 5) is 28.9. The standard InChI is InChI=1S/C13H16N2O3S/c16-11(15-7-2-1-3-8-15)9-19-12-10(13(17)18)5-4-6-14-12/h4-6H,1-3,7-9H2,(H,17,18). The molecule has 0 aliphatic carbocycles. The van der Waals surface area contributed by atoms with Crippen molar-refractivity contribution in [2.75, 3.05) is 18.8 Å². The third kappa shape index (κ3) is 3.70. The Kier molecular flexibility index (Phi) is 4.79. The van der Waals surface area contributed by atoms with Gasteiger partial charge in [-0.2, -0.15) is 0 Å². The van der Waals surface area contributed by atoms with Crippen LogP contribution in [0, 0.1) is 0 Å². The van der Waals surface area contributed by atoms with E-state index in [0.29, 0.717) is 5.03 Å². The number of nitrogens with zero attached hydrogens (tertiary/aromatic N) is 2. The molecule has 102 valence electrons. The predicted molar refractivity (Wildman–Crippen MR) is 72.4 cm³/mol. The van der Waals surface area contributed by atoms with Crippen LogP contribution in [0.1, 0.15) is 29.6 Å². The van der Waals surface area contributed by atoms with Gasteiger partial charge in [0.25, 0.3) is 0 Å². The zero-order valence-electron chi connectivity index (χ0n) is 10.5. The fourth-order valence-corrected chi connectivity index (χ4v) is 2.92. The molecule has 1 fully saturated rings. The lowest BCUT2D eigenvalue weighted by Crippen LogP contribution is -2.36. The van der Waals surface area contributed by atoms with Crippen LogP contribution in [0.5, 0.6) is 0 Å². The van der Waals surface area contributed by atoms with E-state index in [1.165, 1.54) is 24.2 Å². The molecule has 1 aromatic rings. The largest absolute Gasteiger partial charge is 0.478 e.